The van der Waals surface area contributed by atoms with Crippen LogP contribution in [0.15, 0.2) is 18.2 Å². The summed E-state index contributed by atoms with van der Waals surface area (Å²) >= 11 is 5.63. The van der Waals surface area contributed by atoms with Crippen molar-refractivity contribution in [2.24, 2.45) is 0 Å². The van der Waals surface area contributed by atoms with Crippen LogP contribution in [0.25, 0.3) is 0 Å². The van der Waals surface area contributed by atoms with Crippen LogP contribution >= 0.6 is 11.6 Å². The first-order valence-electron chi connectivity index (χ1n) is 6.29. The molecule has 4 heteroatoms. The van der Waals surface area contributed by atoms with Crippen LogP contribution in [-0.4, -0.2) is 32.8 Å². The molecule has 1 atom stereocenters. The van der Waals surface area contributed by atoms with Crippen molar-refractivity contribution in [2.75, 3.05) is 32.8 Å². The Morgan fingerprint density at radius 1 is 1.39 bits per heavy atom. The molecule has 100 valence electrons. The van der Waals surface area contributed by atoms with Crippen LogP contribution < -0.4 is 9.47 Å². The van der Waals surface area contributed by atoms with Gasteiger partial charge in [0.2, 0.25) is 0 Å². The molecule has 1 aromatic carbocycles. The molecule has 0 spiro atoms. The summed E-state index contributed by atoms with van der Waals surface area (Å²) in [6.45, 7) is 2.27. The first kappa shape index (κ1) is 13.5. The fraction of sp³-hybridized carbons (Fsp3) is 0.571. The molecule has 0 radical (unpaired) electrons. The monoisotopic (exact) mass is 270 g/mol. The van der Waals surface area contributed by atoms with Crippen molar-refractivity contribution in [1.82, 2.24) is 0 Å². The zero-order valence-electron chi connectivity index (χ0n) is 10.7. The van der Waals surface area contributed by atoms with E-state index in [-0.39, 0.29) is 0 Å². The fourth-order valence-corrected chi connectivity index (χ4v) is 2.20. The summed E-state index contributed by atoms with van der Waals surface area (Å²) in [5.74, 6) is 2.66. The van der Waals surface area contributed by atoms with Gasteiger partial charge in [-0.05, 0) is 30.5 Å². The molecule has 1 saturated heterocycles. The zero-order chi connectivity index (χ0) is 12.8. The van der Waals surface area contributed by atoms with E-state index in [4.69, 9.17) is 25.8 Å². The highest BCUT2D eigenvalue weighted by molar-refractivity contribution is 6.17. The summed E-state index contributed by atoms with van der Waals surface area (Å²) in [5.41, 5.74) is 1.26. The van der Waals surface area contributed by atoms with Crippen molar-refractivity contribution in [3.63, 3.8) is 0 Å². The molecule has 0 bridgehead atoms. The second kappa shape index (κ2) is 6.86. The maximum Gasteiger partial charge on any atom is 0.161 e. The predicted molar refractivity (Wildman–Crippen MR) is 72.0 cm³/mol. The normalized spacial score (nSPS) is 18.9. The van der Waals surface area contributed by atoms with Crippen LogP contribution in [0.2, 0.25) is 0 Å². The summed E-state index contributed by atoms with van der Waals surface area (Å²) in [6.07, 6.45) is 1.92. The summed E-state index contributed by atoms with van der Waals surface area (Å²) in [6, 6.07) is 6.12. The van der Waals surface area contributed by atoms with Crippen LogP contribution in [0, 0.1) is 0 Å². The number of alkyl halides is 1. The van der Waals surface area contributed by atoms with Gasteiger partial charge in [0, 0.05) is 18.4 Å². The van der Waals surface area contributed by atoms with Crippen molar-refractivity contribution in [2.45, 2.75) is 18.8 Å². The maximum absolute atomic E-state index is 5.65. The molecule has 0 aromatic heterocycles. The average molecular weight is 271 g/mol. The maximum atomic E-state index is 5.65. The van der Waals surface area contributed by atoms with Crippen LogP contribution in [0.3, 0.4) is 0 Å². The minimum atomic E-state index is 0.482. The van der Waals surface area contributed by atoms with Gasteiger partial charge in [0.15, 0.2) is 11.5 Å². The molecular formula is C14H19ClO3. The molecule has 2 rings (SSSR count). The third-order valence-corrected chi connectivity index (χ3v) is 3.39. The Morgan fingerprint density at radius 2 is 2.28 bits per heavy atom. The standard InChI is InChI=1S/C14H19ClO3/c1-16-14-9-11(12-5-8-17-10-12)3-4-13(14)18-7-2-6-15/h3-4,9,12H,2,5-8,10H2,1H3. The lowest BCUT2D eigenvalue weighted by Gasteiger charge is -2.14. The molecule has 18 heavy (non-hydrogen) atoms. The lowest BCUT2D eigenvalue weighted by atomic mass is 9.98. The third kappa shape index (κ3) is 3.30. The Bertz CT molecular complexity index is 375. The molecule has 1 fully saturated rings. The number of hydrogen-bond donors (Lipinski definition) is 0. The Labute approximate surface area is 113 Å². The van der Waals surface area contributed by atoms with Gasteiger partial charge in [0.1, 0.15) is 0 Å². The highest BCUT2D eigenvalue weighted by Crippen LogP contribution is 2.33. The van der Waals surface area contributed by atoms with Crippen molar-refractivity contribution in [3.8, 4) is 11.5 Å². The number of benzene rings is 1. The molecule has 1 aliphatic heterocycles. The van der Waals surface area contributed by atoms with Gasteiger partial charge in [-0.1, -0.05) is 6.07 Å². The SMILES string of the molecule is COc1cc(C2CCOC2)ccc1OCCCCl. The summed E-state index contributed by atoms with van der Waals surface area (Å²) < 4.78 is 16.4. The molecule has 0 aliphatic carbocycles. The number of methoxy groups -OCH3 is 1. The largest absolute Gasteiger partial charge is 0.493 e. The zero-order valence-corrected chi connectivity index (χ0v) is 11.4. The van der Waals surface area contributed by atoms with E-state index in [9.17, 15) is 0 Å². The van der Waals surface area contributed by atoms with E-state index in [1.54, 1.807) is 7.11 Å². The van der Waals surface area contributed by atoms with E-state index in [1.807, 2.05) is 6.07 Å². The Morgan fingerprint density at radius 3 is 2.94 bits per heavy atom. The minimum absolute atomic E-state index is 0.482. The average Bonchev–Trinajstić information content (AvgIpc) is 2.93. The van der Waals surface area contributed by atoms with Crippen molar-refractivity contribution < 1.29 is 14.2 Å². The Kier molecular flexibility index (Phi) is 5.14. The van der Waals surface area contributed by atoms with E-state index < -0.39 is 0 Å². The van der Waals surface area contributed by atoms with E-state index >= 15 is 0 Å². The number of halogens is 1. The number of rotatable bonds is 6. The molecule has 1 aromatic rings. The summed E-state index contributed by atoms with van der Waals surface area (Å²) in [7, 11) is 1.67. The number of hydrogen-bond acceptors (Lipinski definition) is 3. The van der Waals surface area contributed by atoms with E-state index in [0.29, 0.717) is 18.4 Å². The molecule has 1 unspecified atom stereocenters. The highest BCUT2D eigenvalue weighted by atomic mass is 35.5. The fourth-order valence-electron chi connectivity index (χ4n) is 2.09. The summed E-state index contributed by atoms with van der Waals surface area (Å²) in [5, 5.41) is 0. The van der Waals surface area contributed by atoms with Crippen LogP contribution in [0.5, 0.6) is 11.5 Å². The minimum Gasteiger partial charge on any atom is -0.493 e. The van der Waals surface area contributed by atoms with Gasteiger partial charge in [-0.2, -0.15) is 0 Å². The van der Waals surface area contributed by atoms with Crippen LogP contribution in [0.4, 0.5) is 0 Å². The van der Waals surface area contributed by atoms with Gasteiger partial charge in [0.25, 0.3) is 0 Å². The Balaban J connectivity index is 2.07. The molecule has 0 saturated carbocycles. The number of ether oxygens (including phenoxy) is 3. The third-order valence-electron chi connectivity index (χ3n) is 3.12. The van der Waals surface area contributed by atoms with Crippen molar-refractivity contribution in [1.29, 1.82) is 0 Å². The van der Waals surface area contributed by atoms with Gasteiger partial charge in [-0.15, -0.1) is 11.6 Å². The van der Waals surface area contributed by atoms with Gasteiger partial charge in [0.05, 0.1) is 20.3 Å². The quantitative estimate of drug-likeness (QED) is 0.587. The van der Waals surface area contributed by atoms with Crippen molar-refractivity contribution in [3.05, 3.63) is 23.8 Å². The van der Waals surface area contributed by atoms with Gasteiger partial charge in [-0.3, -0.25) is 0 Å². The predicted octanol–water partition coefficient (Wildman–Crippen LogP) is 3.21. The summed E-state index contributed by atoms with van der Waals surface area (Å²) in [4.78, 5) is 0. The van der Waals surface area contributed by atoms with Gasteiger partial charge < -0.3 is 14.2 Å². The van der Waals surface area contributed by atoms with Gasteiger partial charge in [-0.25, -0.2) is 0 Å². The van der Waals surface area contributed by atoms with E-state index in [0.717, 1.165) is 37.6 Å². The van der Waals surface area contributed by atoms with E-state index in [2.05, 4.69) is 12.1 Å². The topological polar surface area (TPSA) is 27.7 Å². The van der Waals surface area contributed by atoms with E-state index in [1.165, 1.54) is 5.56 Å². The lowest BCUT2D eigenvalue weighted by molar-refractivity contribution is 0.194. The van der Waals surface area contributed by atoms with Crippen LogP contribution in [-0.2, 0) is 4.74 Å². The second-order valence-electron chi connectivity index (χ2n) is 4.36. The Hall–Kier alpha value is -0.930. The molecule has 0 N–H and O–H groups in total. The first-order chi connectivity index (χ1) is 8.85. The first-order valence-corrected chi connectivity index (χ1v) is 6.83. The van der Waals surface area contributed by atoms with Crippen LogP contribution in [0.1, 0.15) is 24.3 Å². The molecular weight excluding hydrogens is 252 g/mol. The smallest absolute Gasteiger partial charge is 0.161 e. The molecule has 1 aliphatic rings. The molecule has 1 heterocycles. The second-order valence-corrected chi connectivity index (χ2v) is 4.74. The molecule has 0 amide bonds. The van der Waals surface area contributed by atoms with Crippen molar-refractivity contribution >= 4 is 11.6 Å². The molecule has 3 nitrogen and oxygen atoms in total. The highest BCUT2D eigenvalue weighted by Gasteiger charge is 2.19. The lowest BCUT2D eigenvalue weighted by Crippen LogP contribution is -2.02. The van der Waals surface area contributed by atoms with Gasteiger partial charge >= 0.3 is 0 Å².